The Bertz CT molecular complexity index is 3780. The van der Waals surface area contributed by atoms with Crippen LogP contribution in [0.1, 0.15) is 0 Å². The van der Waals surface area contributed by atoms with E-state index in [1.165, 1.54) is 106 Å². The normalized spacial score (nSPS) is 12.1. The molecule has 2 nitrogen and oxygen atoms in total. The Hall–Kier alpha value is -6.98. The van der Waals surface area contributed by atoms with Gasteiger partial charge >= 0.3 is 0 Å². The van der Waals surface area contributed by atoms with Crippen LogP contribution in [0.2, 0.25) is 0 Å². The number of nitrogens with zero attached hydrogens (tertiary/aromatic N) is 2. The number of thiophene rings is 2. The van der Waals surface area contributed by atoms with E-state index in [4.69, 9.17) is 0 Å². The van der Waals surface area contributed by atoms with Crippen LogP contribution in [0.4, 0.5) is 0 Å². The quantitative estimate of drug-likeness (QED) is 0.169. The first-order chi connectivity index (χ1) is 28.8. The van der Waals surface area contributed by atoms with Crippen LogP contribution in [-0.4, -0.2) is 9.13 Å². The van der Waals surface area contributed by atoms with E-state index < -0.39 is 0 Å². The van der Waals surface area contributed by atoms with Gasteiger partial charge in [-0.25, -0.2) is 0 Å². The summed E-state index contributed by atoms with van der Waals surface area (Å²) >= 11 is 3.78. The average Bonchev–Trinajstić information content (AvgIpc) is 4.03. The molecule has 0 aliphatic carbocycles. The standard InChI is InChI=1S/C54H32N2S2/c1-2-12-35(13-3-1)55-47-21-7-4-14-39(47)45-31-46-44-30-34(38-18-11-20-43-41-16-6-9-23-52(41)58-54(38)43)26-29-48(44)56(50(46)32-49(45)55)36-27-24-33(25-28-36)37-17-10-19-42-40-15-5-8-22-51(40)57-53(37)42/h1-32H. The van der Waals surface area contributed by atoms with Crippen LogP contribution in [0.15, 0.2) is 194 Å². The van der Waals surface area contributed by atoms with Crippen LogP contribution in [0, 0.1) is 0 Å². The molecule has 0 saturated heterocycles. The van der Waals surface area contributed by atoms with E-state index in [1.807, 2.05) is 22.7 Å². The van der Waals surface area contributed by atoms with Gasteiger partial charge < -0.3 is 9.13 Å². The number of rotatable bonds is 4. The number of benzene rings is 9. The molecule has 0 N–H and O–H groups in total. The first-order valence-corrected chi connectivity index (χ1v) is 21.4. The molecule has 0 amide bonds. The summed E-state index contributed by atoms with van der Waals surface area (Å²) in [5.41, 5.74) is 12.1. The lowest BCUT2D eigenvalue weighted by Crippen LogP contribution is -1.96. The summed E-state index contributed by atoms with van der Waals surface area (Å²) in [5, 5.41) is 10.3. The summed E-state index contributed by atoms with van der Waals surface area (Å²) in [5.74, 6) is 0. The Kier molecular flexibility index (Phi) is 6.79. The number of fused-ring (bicyclic) bond motifs is 12. The summed E-state index contributed by atoms with van der Waals surface area (Å²) in [4.78, 5) is 0. The van der Waals surface area contributed by atoms with Gasteiger partial charge in [0.1, 0.15) is 0 Å². The molecule has 4 heteroatoms. The highest BCUT2D eigenvalue weighted by atomic mass is 32.1. The lowest BCUT2D eigenvalue weighted by atomic mass is 10.00. The summed E-state index contributed by atoms with van der Waals surface area (Å²) in [6.07, 6.45) is 0. The molecule has 0 unspecified atom stereocenters. The Morgan fingerprint density at radius 2 is 0.759 bits per heavy atom. The number of aromatic nitrogens is 2. The van der Waals surface area contributed by atoms with Crippen molar-refractivity contribution in [2.45, 2.75) is 0 Å². The largest absolute Gasteiger partial charge is 0.309 e. The van der Waals surface area contributed by atoms with Crippen molar-refractivity contribution in [3.8, 4) is 33.6 Å². The molecule has 0 aliphatic heterocycles. The van der Waals surface area contributed by atoms with E-state index in [9.17, 15) is 0 Å². The number of hydrogen-bond donors (Lipinski definition) is 0. The fraction of sp³-hybridized carbons (Fsp3) is 0. The van der Waals surface area contributed by atoms with Crippen LogP contribution in [0.3, 0.4) is 0 Å². The van der Waals surface area contributed by atoms with E-state index in [0.717, 1.165) is 11.4 Å². The van der Waals surface area contributed by atoms with Crippen molar-refractivity contribution in [2.24, 2.45) is 0 Å². The average molecular weight is 773 g/mol. The number of hydrogen-bond acceptors (Lipinski definition) is 2. The zero-order valence-corrected chi connectivity index (χ0v) is 32.8. The molecule has 270 valence electrons. The third-order valence-corrected chi connectivity index (χ3v) is 14.6. The second-order valence-corrected chi connectivity index (χ2v) is 17.4. The second-order valence-electron chi connectivity index (χ2n) is 15.2. The fourth-order valence-corrected chi connectivity index (χ4v) is 12.0. The van der Waals surface area contributed by atoms with Gasteiger partial charge in [0.05, 0.1) is 22.1 Å². The molecule has 0 spiro atoms. The zero-order valence-electron chi connectivity index (χ0n) is 31.2. The number of para-hydroxylation sites is 2. The molecule has 0 bridgehead atoms. The molecule has 0 saturated carbocycles. The van der Waals surface area contributed by atoms with Crippen LogP contribution in [0.5, 0.6) is 0 Å². The lowest BCUT2D eigenvalue weighted by molar-refractivity contribution is 1.16. The van der Waals surface area contributed by atoms with E-state index in [-0.39, 0.29) is 0 Å². The minimum Gasteiger partial charge on any atom is -0.309 e. The maximum Gasteiger partial charge on any atom is 0.0562 e. The van der Waals surface area contributed by atoms with E-state index in [0.29, 0.717) is 0 Å². The molecule has 4 aromatic heterocycles. The Morgan fingerprint density at radius 1 is 0.276 bits per heavy atom. The molecule has 0 radical (unpaired) electrons. The van der Waals surface area contributed by atoms with E-state index >= 15 is 0 Å². The Morgan fingerprint density at radius 3 is 1.43 bits per heavy atom. The van der Waals surface area contributed by atoms with Crippen LogP contribution in [-0.2, 0) is 0 Å². The first kappa shape index (κ1) is 32.1. The van der Waals surface area contributed by atoms with Gasteiger partial charge in [-0.05, 0) is 89.0 Å². The molecule has 0 fully saturated rings. The minimum atomic E-state index is 1.15. The summed E-state index contributed by atoms with van der Waals surface area (Å²) in [6, 6.07) is 71.9. The van der Waals surface area contributed by atoms with Gasteiger partial charge in [-0.2, -0.15) is 0 Å². The van der Waals surface area contributed by atoms with Gasteiger partial charge in [0, 0.05) is 73.3 Å². The van der Waals surface area contributed by atoms with Gasteiger partial charge in [0.2, 0.25) is 0 Å². The molecule has 9 aromatic carbocycles. The predicted octanol–water partition coefficient (Wildman–Crippen LogP) is 16.0. The van der Waals surface area contributed by atoms with Gasteiger partial charge in [-0.1, -0.05) is 127 Å². The molecule has 13 rings (SSSR count). The van der Waals surface area contributed by atoms with Crippen LogP contribution >= 0.6 is 22.7 Å². The molecule has 58 heavy (non-hydrogen) atoms. The topological polar surface area (TPSA) is 9.86 Å². The zero-order chi connectivity index (χ0) is 37.9. The van der Waals surface area contributed by atoms with E-state index in [2.05, 4.69) is 203 Å². The smallest absolute Gasteiger partial charge is 0.0562 e. The second kappa shape index (κ2) is 12.3. The van der Waals surface area contributed by atoms with Gasteiger partial charge in [0.15, 0.2) is 0 Å². The third kappa shape index (κ3) is 4.58. The monoisotopic (exact) mass is 772 g/mol. The molecular formula is C54H32N2S2. The molecule has 0 aliphatic rings. The van der Waals surface area contributed by atoms with Gasteiger partial charge in [0.25, 0.3) is 0 Å². The minimum absolute atomic E-state index is 1.15. The fourth-order valence-electron chi connectivity index (χ4n) is 9.52. The highest BCUT2D eigenvalue weighted by molar-refractivity contribution is 7.26. The Balaban J connectivity index is 1.07. The van der Waals surface area contributed by atoms with Crippen molar-refractivity contribution < 1.29 is 0 Å². The third-order valence-electron chi connectivity index (χ3n) is 12.1. The molecule has 4 heterocycles. The van der Waals surface area contributed by atoms with Crippen molar-refractivity contribution in [1.82, 2.24) is 9.13 Å². The molecule has 13 aromatic rings. The van der Waals surface area contributed by atoms with Crippen LogP contribution < -0.4 is 0 Å². The summed E-state index contributed by atoms with van der Waals surface area (Å²) in [7, 11) is 0. The Labute approximate surface area is 341 Å². The molecule has 0 atom stereocenters. The summed E-state index contributed by atoms with van der Waals surface area (Å²) < 4.78 is 10.2. The first-order valence-electron chi connectivity index (χ1n) is 19.8. The van der Waals surface area contributed by atoms with Crippen LogP contribution in [0.25, 0.3) is 118 Å². The van der Waals surface area contributed by atoms with Crippen molar-refractivity contribution in [3.05, 3.63) is 194 Å². The molecular weight excluding hydrogens is 741 g/mol. The maximum atomic E-state index is 2.48. The van der Waals surface area contributed by atoms with E-state index in [1.54, 1.807) is 0 Å². The van der Waals surface area contributed by atoms with Crippen molar-refractivity contribution in [1.29, 1.82) is 0 Å². The highest BCUT2D eigenvalue weighted by Gasteiger charge is 2.20. The maximum absolute atomic E-state index is 2.48. The van der Waals surface area contributed by atoms with Crippen molar-refractivity contribution in [2.75, 3.05) is 0 Å². The van der Waals surface area contributed by atoms with Gasteiger partial charge in [-0.15, -0.1) is 22.7 Å². The SMILES string of the molecule is c1ccc(-n2c3ccccc3c3cc4c5cc(-c6cccc7c6sc6ccccc67)ccc5n(-c5ccc(-c6cccc7c6sc6ccccc67)cc5)c4cc32)cc1. The van der Waals surface area contributed by atoms with Gasteiger partial charge in [-0.3, -0.25) is 0 Å². The predicted molar refractivity (Wildman–Crippen MR) is 252 cm³/mol. The lowest BCUT2D eigenvalue weighted by Gasteiger charge is -2.11. The van der Waals surface area contributed by atoms with Crippen molar-refractivity contribution in [3.63, 3.8) is 0 Å². The summed E-state index contributed by atoms with van der Waals surface area (Å²) in [6.45, 7) is 0. The highest BCUT2D eigenvalue weighted by Crippen LogP contribution is 2.45. The van der Waals surface area contributed by atoms with Crippen molar-refractivity contribution >= 4 is 107 Å².